The van der Waals surface area contributed by atoms with Gasteiger partial charge in [0.2, 0.25) is 16.9 Å². The average Bonchev–Trinajstić information content (AvgIpc) is 3.21. The summed E-state index contributed by atoms with van der Waals surface area (Å²) >= 11 is 1.19. The fourth-order valence-corrected chi connectivity index (χ4v) is 4.89. The molecule has 3 aromatic rings. The molecule has 1 atom stereocenters. The van der Waals surface area contributed by atoms with Crippen molar-refractivity contribution >= 4 is 31.5 Å². The van der Waals surface area contributed by atoms with E-state index in [1.54, 1.807) is 6.07 Å². The number of benzene rings is 2. The molecule has 0 saturated carbocycles. The Bertz CT molecular complexity index is 989. The maximum atomic E-state index is 14.5. The Morgan fingerprint density at radius 2 is 1.96 bits per heavy atom. The number of hydrogen-bond donors (Lipinski definition) is 0. The van der Waals surface area contributed by atoms with Crippen molar-refractivity contribution in [2.24, 2.45) is 4.36 Å². The number of fused-ring (bicyclic) bond motifs is 2. The Kier molecular flexibility index (Phi) is 3.90. The zero-order valence-electron chi connectivity index (χ0n) is 12.6. The molecule has 0 spiro atoms. The molecule has 124 valence electrons. The number of rotatable bonds is 4. The van der Waals surface area contributed by atoms with E-state index in [1.165, 1.54) is 11.3 Å². The van der Waals surface area contributed by atoms with Crippen LogP contribution in [-0.2, 0) is 16.5 Å². The summed E-state index contributed by atoms with van der Waals surface area (Å²) in [6, 6.07) is 14.7. The molecule has 7 heteroatoms. The van der Waals surface area contributed by atoms with Gasteiger partial charge in [-0.25, -0.2) is 8.57 Å². The third-order valence-corrected chi connectivity index (χ3v) is 6.65. The Morgan fingerprint density at radius 3 is 2.83 bits per heavy atom. The Morgan fingerprint density at radius 1 is 1.12 bits per heavy atom. The lowest BCUT2D eigenvalue weighted by Gasteiger charge is -2.01. The van der Waals surface area contributed by atoms with E-state index in [4.69, 9.17) is 9.47 Å². The van der Waals surface area contributed by atoms with Crippen LogP contribution in [0.15, 0.2) is 57.1 Å². The van der Waals surface area contributed by atoms with Crippen LogP contribution in [0.3, 0.4) is 0 Å². The summed E-state index contributed by atoms with van der Waals surface area (Å²) in [5.41, 5.74) is 0.939. The number of hydrogen-bond acceptors (Lipinski definition) is 5. The van der Waals surface area contributed by atoms with Crippen LogP contribution in [-0.4, -0.2) is 17.5 Å². The van der Waals surface area contributed by atoms with E-state index in [0.29, 0.717) is 17.9 Å². The van der Waals surface area contributed by atoms with Gasteiger partial charge in [-0.2, -0.15) is 0 Å². The minimum Gasteiger partial charge on any atom is -0.454 e. The first kappa shape index (κ1) is 15.4. The Balaban J connectivity index is 1.52. The van der Waals surface area contributed by atoms with Gasteiger partial charge in [0.1, 0.15) is 4.21 Å². The van der Waals surface area contributed by atoms with Crippen LogP contribution in [0.1, 0.15) is 5.56 Å². The van der Waals surface area contributed by atoms with Gasteiger partial charge in [-0.3, -0.25) is 0 Å². The molecule has 4 rings (SSSR count). The maximum absolute atomic E-state index is 14.5. The summed E-state index contributed by atoms with van der Waals surface area (Å²) < 4.78 is 42.2. The van der Waals surface area contributed by atoms with Crippen LogP contribution >= 0.6 is 11.3 Å². The number of thiophene rings is 1. The number of ether oxygens (including phenoxy) is 2. The first-order valence-corrected chi connectivity index (χ1v) is 9.65. The average molecular weight is 363 g/mol. The Hall–Kier alpha value is -2.12. The van der Waals surface area contributed by atoms with Crippen LogP contribution < -0.4 is 9.47 Å². The van der Waals surface area contributed by atoms with E-state index in [1.807, 2.05) is 42.5 Å². The van der Waals surface area contributed by atoms with Gasteiger partial charge in [0, 0.05) is 4.70 Å². The molecule has 0 N–H and O–H groups in total. The van der Waals surface area contributed by atoms with Gasteiger partial charge in [0.05, 0.1) is 6.54 Å². The van der Waals surface area contributed by atoms with Gasteiger partial charge in [-0.15, -0.1) is 15.2 Å². The second-order valence-corrected chi connectivity index (χ2v) is 8.31. The molecule has 1 aromatic heterocycles. The normalized spacial score (nSPS) is 15.4. The number of halogens is 1. The zero-order chi connectivity index (χ0) is 16.6. The molecule has 0 unspecified atom stereocenters. The fraction of sp³-hybridized carbons (Fsp3) is 0.176. The van der Waals surface area contributed by atoms with Crippen molar-refractivity contribution in [1.29, 1.82) is 0 Å². The van der Waals surface area contributed by atoms with Gasteiger partial charge in [-0.05, 0) is 41.6 Å². The zero-order valence-corrected chi connectivity index (χ0v) is 14.2. The van der Waals surface area contributed by atoms with Gasteiger partial charge in [0.15, 0.2) is 11.5 Å². The third-order valence-electron chi connectivity index (χ3n) is 3.75. The van der Waals surface area contributed by atoms with Gasteiger partial charge in [0.25, 0.3) is 0 Å². The first-order chi connectivity index (χ1) is 11.6. The minimum atomic E-state index is -3.87. The largest absolute Gasteiger partial charge is 0.454 e. The van der Waals surface area contributed by atoms with Crippen molar-refractivity contribution in [3.8, 4) is 11.5 Å². The van der Waals surface area contributed by atoms with Crippen LogP contribution in [0.2, 0.25) is 0 Å². The van der Waals surface area contributed by atoms with Gasteiger partial charge in [-0.1, -0.05) is 24.3 Å². The van der Waals surface area contributed by atoms with E-state index < -0.39 is 10.1 Å². The monoisotopic (exact) mass is 363 g/mol. The molecule has 2 aromatic carbocycles. The predicted octanol–water partition coefficient (Wildman–Crippen LogP) is 4.58. The van der Waals surface area contributed by atoms with Gasteiger partial charge < -0.3 is 9.47 Å². The number of nitrogens with zero attached hydrogens (tertiary/aromatic N) is 1. The highest BCUT2D eigenvalue weighted by molar-refractivity contribution is 7.91. The Labute approximate surface area is 143 Å². The van der Waals surface area contributed by atoms with Crippen LogP contribution in [0.5, 0.6) is 11.5 Å². The molecular weight excluding hydrogens is 349 g/mol. The van der Waals surface area contributed by atoms with Crippen molar-refractivity contribution in [2.45, 2.75) is 10.6 Å². The highest BCUT2D eigenvalue weighted by Gasteiger charge is 2.15. The summed E-state index contributed by atoms with van der Waals surface area (Å²) in [7, 11) is -3.87. The van der Waals surface area contributed by atoms with Crippen molar-refractivity contribution < 1.29 is 17.6 Å². The standard InChI is InChI=1S/C17H14FNO3S2/c18-24(20,17-10-13-3-1-2-4-16(13)23-17)19-8-7-12-5-6-14-15(9-12)22-11-21-14/h1-6,9-10H,7-8,11H2/t24-/m1/s1. The second-order valence-electron chi connectivity index (χ2n) is 5.35. The summed E-state index contributed by atoms with van der Waals surface area (Å²) in [6.45, 7) is 0.358. The summed E-state index contributed by atoms with van der Waals surface area (Å²) in [5.74, 6) is 1.38. The molecule has 0 amide bonds. The van der Waals surface area contributed by atoms with E-state index in [0.717, 1.165) is 15.6 Å². The lowest BCUT2D eigenvalue weighted by Crippen LogP contribution is -1.95. The summed E-state index contributed by atoms with van der Waals surface area (Å²) in [6.07, 6.45) is 0.489. The summed E-state index contributed by atoms with van der Waals surface area (Å²) in [4.78, 5) is 0. The van der Waals surface area contributed by atoms with E-state index >= 15 is 0 Å². The molecule has 0 fully saturated rings. The van der Waals surface area contributed by atoms with Crippen molar-refractivity contribution in [2.75, 3.05) is 13.3 Å². The molecule has 24 heavy (non-hydrogen) atoms. The van der Waals surface area contributed by atoms with E-state index in [2.05, 4.69) is 4.36 Å². The second kappa shape index (κ2) is 6.07. The van der Waals surface area contributed by atoms with E-state index in [9.17, 15) is 8.09 Å². The molecule has 0 saturated heterocycles. The topological polar surface area (TPSA) is 47.9 Å². The molecule has 2 heterocycles. The fourth-order valence-electron chi connectivity index (χ4n) is 2.53. The molecule has 0 radical (unpaired) electrons. The lowest BCUT2D eigenvalue weighted by atomic mass is 10.1. The summed E-state index contributed by atoms with van der Waals surface area (Å²) in [5, 5.41) is 0.883. The van der Waals surface area contributed by atoms with Gasteiger partial charge >= 0.3 is 0 Å². The quantitative estimate of drug-likeness (QED) is 0.637. The molecule has 0 bridgehead atoms. The molecular formula is C17H14FNO3S2. The third kappa shape index (κ3) is 2.97. The minimum absolute atomic E-state index is 0.142. The van der Waals surface area contributed by atoms with Crippen LogP contribution in [0, 0.1) is 0 Å². The van der Waals surface area contributed by atoms with Crippen molar-refractivity contribution in [3.63, 3.8) is 0 Å². The molecule has 4 nitrogen and oxygen atoms in total. The van der Waals surface area contributed by atoms with Crippen molar-refractivity contribution in [3.05, 3.63) is 54.1 Å². The predicted molar refractivity (Wildman–Crippen MR) is 92.9 cm³/mol. The van der Waals surface area contributed by atoms with E-state index in [-0.39, 0.29) is 17.5 Å². The smallest absolute Gasteiger partial charge is 0.240 e. The van der Waals surface area contributed by atoms with Crippen LogP contribution in [0.4, 0.5) is 3.89 Å². The SMILES string of the molecule is O=[S@](F)(=NCCc1ccc2c(c1)OCO2)c1cc2ccccc2s1. The molecule has 1 aliphatic heterocycles. The molecule has 1 aliphatic rings. The highest BCUT2D eigenvalue weighted by Crippen LogP contribution is 2.33. The molecule has 0 aliphatic carbocycles. The lowest BCUT2D eigenvalue weighted by molar-refractivity contribution is 0.174. The highest BCUT2D eigenvalue weighted by atomic mass is 32.3. The first-order valence-electron chi connectivity index (χ1n) is 7.41. The van der Waals surface area contributed by atoms with Crippen molar-refractivity contribution in [1.82, 2.24) is 0 Å². The van der Waals surface area contributed by atoms with Crippen LogP contribution in [0.25, 0.3) is 10.1 Å². The maximum Gasteiger partial charge on any atom is 0.240 e.